The molecule has 0 aliphatic heterocycles. The van der Waals surface area contributed by atoms with E-state index in [1.54, 1.807) is 6.20 Å². The lowest BCUT2D eigenvalue weighted by atomic mass is 10.1. The smallest absolute Gasteiger partial charge is 0.0702 e. The maximum atomic E-state index is 6.29. The minimum Gasteiger partial charge on any atom is -0.313 e. The average molecular weight is 261 g/mol. The maximum Gasteiger partial charge on any atom is 0.0702 e. The predicted molar refractivity (Wildman–Crippen MR) is 76.7 cm³/mol. The second-order valence-electron chi connectivity index (χ2n) is 4.20. The van der Waals surface area contributed by atoms with Crippen LogP contribution in [-0.4, -0.2) is 11.5 Å². The molecular weight excluding hydrogens is 244 g/mol. The van der Waals surface area contributed by atoms with Gasteiger partial charge in [0.1, 0.15) is 0 Å². The zero-order valence-electron chi connectivity index (χ0n) is 10.5. The van der Waals surface area contributed by atoms with Crippen LogP contribution in [0.4, 0.5) is 0 Å². The molecule has 0 saturated carbocycles. The summed E-state index contributed by atoms with van der Waals surface area (Å²) in [5.74, 6) is 0. The topological polar surface area (TPSA) is 24.9 Å². The first kappa shape index (κ1) is 13.1. The molecule has 2 nitrogen and oxygen atoms in total. The van der Waals surface area contributed by atoms with Gasteiger partial charge in [-0.1, -0.05) is 36.7 Å². The third-order valence-electron chi connectivity index (χ3n) is 2.76. The van der Waals surface area contributed by atoms with Gasteiger partial charge < -0.3 is 5.32 Å². The standard InChI is InChI=1S/C15H17ClN2/c1-2-8-17-11-13-7-6-12(10-14(13)16)15-5-3-4-9-18-15/h3-7,9-10,17H,2,8,11H2,1H3. The summed E-state index contributed by atoms with van der Waals surface area (Å²) in [7, 11) is 0. The van der Waals surface area contributed by atoms with Crippen LogP contribution in [0.1, 0.15) is 18.9 Å². The van der Waals surface area contributed by atoms with Crippen LogP contribution in [0.15, 0.2) is 42.6 Å². The van der Waals surface area contributed by atoms with E-state index in [2.05, 4.69) is 29.4 Å². The van der Waals surface area contributed by atoms with Crippen molar-refractivity contribution in [2.24, 2.45) is 0 Å². The summed E-state index contributed by atoms with van der Waals surface area (Å²) in [5, 5.41) is 4.14. The Morgan fingerprint density at radius 3 is 2.78 bits per heavy atom. The van der Waals surface area contributed by atoms with Gasteiger partial charge in [0.25, 0.3) is 0 Å². The Kier molecular flexibility index (Phi) is 4.73. The summed E-state index contributed by atoms with van der Waals surface area (Å²) in [6.45, 7) is 3.98. The number of hydrogen-bond acceptors (Lipinski definition) is 2. The SMILES string of the molecule is CCCNCc1ccc(-c2ccccn2)cc1Cl. The molecule has 0 aliphatic carbocycles. The van der Waals surface area contributed by atoms with Gasteiger partial charge in [-0.15, -0.1) is 0 Å². The van der Waals surface area contributed by atoms with Gasteiger partial charge >= 0.3 is 0 Å². The molecule has 1 aromatic heterocycles. The summed E-state index contributed by atoms with van der Waals surface area (Å²) < 4.78 is 0. The average Bonchev–Trinajstić information content (AvgIpc) is 2.42. The molecule has 0 bridgehead atoms. The van der Waals surface area contributed by atoms with Crippen molar-refractivity contribution in [2.45, 2.75) is 19.9 Å². The largest absolute Gasteiger partial charge is 0.313 e. The van der Waals surface area contributed by atoms with Crippen LogP contribution < -0.4 is 5.32 Å². The quantitative estimate of drug-likeness (QED) is 0.825. The van der Waals surface area contributed by atoms with Crippen LogP contribution >= 0.6 is 11.6 Å². The van der Waals surface area contributed by atoms with Gasteiger partial charge in [0.15, 0.2) is 0 Å². The highest BCUT2D eigenvalue weighted by molar-refractivity contribution is 6.31. The van der Waals surface area contributed by atoms with Crippen LogP contribution in [0.5, 0.6) is 0 Å². The van der Waals surface area contributed by atoms with Crippen LogP contribution in [0, 0.1) is 0 Å². The number of nitrogens with one attached hydrogen (secondary N) is 1. The Hall–Kier alpha value is -1.38. The molecule has 0 aliphatic rings. The third kappa shape index (κ3) is 3.31. The van der Waals surface area contributed by atoms with Crippen LogP contribution in [0.25, 0.3) is 11.3 Å². The number of benzene rings is 1. The number of aromatic nitrogens is 1. The molecule has 1 N–H and O–H groups in total. The molecule has 0 radical (unpaired) electrons. The molecule has 94 valence electrons. The van der Waals surface area contributed by atoms with Crippen molar-refractivity contribution in [1.82, 2.24) is 10.3 Å². The van der Waals surface area contributed by atoms with E-state index in [1.165, 1.54) is 0 Å². The lowest BCUT2D eigenvalue weighted by Crippen LogP contribution is -2.13. The number of hydrogen-bond donors (Lipinski definition) is 1. The summed E-state index contributed by atoms with van der Waals surface area (Å²) in [5.41, 5.74) is 3.14. The van der Waals surface area contributed by atoms with Gasteiger partial charge in [-0.25, -0.2) is 0 Å². The summed E-state index contributed by atoms with van der Waals surface area (Å²) >= 11 is 6.29. The molecule has 0 atom stereocenters. The van der Waals surface area contributed by atoms with Gasteiger partial charge in [-0.3, -0.25) is 4.98 Å². The first-order valence-electron chi connectivity index (χ1n) is 6.22. The normalized spacial score (nSPS) is 10.6. The van der Waals surface area contributed by atoms with Crippen LogP contribution in [0.2, 0.25) is 5.02 Å². The van der Waals surface area contributed by atoms with E-state index in [9.17, 15) is 0 Å². The molecule has 18 heavy (non-hydrogen) atoms. The van der Waals surface area contributed by atoms with E-state index in [0.29, 0.717) is 0 Å². The molecule has 2 aromatic rings. The van der Waals surface area contributed by atoms with Gasteiger partial charge in [0.05, 0.1) is 5.69 Å². The maximum absolute atomic E-state index is 6.29. The summed E-state index contributed by atoms with van der Waals surface area (Å²) in [4.78, 5) is 4.32. The number of rotatable bonds is 5. The Morgan fingerprint density at radius 2 is 2.11 bits per heavy atom. The second-order valence-corrected chi connectivity index (χ2v) is 4.61. The Labute approximate surface area is 113 Å². The van der Waals surface area contributed by atoms with Crippen molar-refractivity contribution in [2.75, 3.05) is 6.54 Å². The fourth-order valence-electron chi connectivity index (χ4n) is 1.78. The lowest BCUT2D eigenvalue weighted by Gasteiger charge is -2.08. The predicted octanol–water partition coefficient (Wildman–Crippen LogP) is 3.90. The fourth-order valence-corrected chi connectivity index (χ4v) is 2.03. The Morgan fingerprint density at radius 1 is 1.22 bits per heavy atom. The van der Waals surface area contributed by atoms with E-state index in [-0.39, 0.29) is 0 Å². The fraction of sp³-hybridized carbons (Fsp3) is 0.267. The van der Waals surface area contributed by atoms with Gasteiger partial charge in [-0.2, -0.15) is 0 Å². The highest BCUT2D eigenvalue weighted by atomic mass is 35.5. The number of halogens is 1. The monoisotopic (exact) mass is 260 g/mol. The lowest BCUT2D eigenvalue weighted by molar-refractivity contribution is 0.675. The van der Waals surface area contributed by atoms with Crippen LogP contribution in [-0.2, 0) is 6.54 Å². The van der Waals surface area contributed by atoms with Gasteiger partial charge in [0, 0.05) is 23.3 Å². The molecule has 0 saturated heterocycles. The Balaban J connectivity index is 2.15. The summed E-state index contributed by atoms with van der Waals surface area (Å²) in [6, 6.07) is 12.0. The highest BCUT2D eigenvalue weighted by Gasteiger charge is 2.04. The van der Waals surface area contributed by atoms with Crippen molar-refractivity contribution in [1.29, 1.82) is 0 Å². The second kappa shape index (κ2) is 6.53. The number of pyridine rings is 1. The molecule has 2 rings (SSSR count). The van der Waals surface area contributed by atoms with E-state index in [0.717, 1.165) is 41.4 Å². The molecule has 0 unspecified atom stereocenters. The first-order valence-corrected chi connectivity index (χ1v) is 6.59. The third-order valence-corrected chi connectivity index (χ3v) is 3.11. The molecular formula is C15H17ClN2. The van der Waals surface area contributed by atoms with E-state index < -0.39 is 0 Å². The van der Waals surface area contributed by atoms with Crippen molar-refractivity contribution < 1.29 is 0 Å². The van der Waals surface area contributed by atoms with Crippen molar-refractivity contribution in [3.63, 3.8) is 0 Å². The molecule has 1 aromatic carbocycles. The van der Waals surface area contributed by atoms with Crippen LogP contribution in [0.3, 0.4) is 0 Å². The van der Waals surface area contributed by atoms with E-state index >= 15 is 0 Å². The van der Waals surface area contributed by atoms with Gasteiger partial charge in [-0.05, 0) is 36.7 Å². The zero-order chi connectivity index (χ0) is 12.8. The number of nitrogens with zero attached hydrogens (tertiary/aromatic N) is 1. The van der Waals surface area contributed by atoms with Gasteiger partial charge in [0.2, 0.25) is 0 Å². The first-order chi connectivity index (χ1) is 8.81. The van der Waals surface area contributed by atoms with E-state index in [1.807, 2.05) is 24.3 Å². The van der Waals surface area contributed by atoms with Crippen molar-refractivity contribution >= 4 is 11.6 Å². The molecule has 0 fully saturated rings. The molecule has 1 heterocycles. The molecule has 3 heteroatoms. The van der Waals surface area contributed by atoms with Crippen molar-refractivity contribution in [3.05, 3.63) is 53.2 Å². The highest BCUT2D eigenvalue weighted by Crippen LogP contribution is 2.24. The minimum absolute atomic E-state index is 0.793. The Bertz CT molecular complexity index is 497. The van der Waals surface area contributed by atoms with Crippen molar-refractivity contribution in [3.8, 4) is 11.3 Å². The zero-order valence-corrected chi connectivity index (χ0v) is 11.2. The molecule has 0 spiro atoms. The summed E-state index contributed by atoms with van der Waals surface area (Å²) in [6.07, 6.45) is 2.92. The van der Waals surface area contributed by atoms with E-state index in [4.69, 9.17) is 11.6 Å². The minimum atomic E-state index is 0.793. The molecule has 0 amide bonds.